The number of benzene rings is 1. The molecule has 29 heavy (non-hydrogen) atoms. The fraction of sp³-hybridized carbons (Fsp3) is 0.318. The molecule has 7 nitrogen and oxygen atoms in total. The average Bonchev–Trinajstić information content (AvgIpc) is 3.17. The van der Waals surface area contributed by atoms with Crippen LogP contribution in [0.1, 0.15) is 42.5 Å². The summed E-state index contributed by atoms with van der Waals surface area (Å²) >= 11 is 0. The fourth-order valence-corrected chi connectivity index (χ4v) is 3.94. The Morgan fingerprint density at radius 3 is 2.93 bits per heavy atom. The Bertz CT molecular complexity index is 1100. The molecule has 3 aromatic rings. The molecule has 0 saturated heterocycles. The van der Waals surface area contributed by atoms with Gasteiger partial charge in [-0.25, -0.2) is 4.79 Å². The third-order valence-corrected chi connectivity index (χ3v) is 5.12. The highest BCUT2D eigenvalue weighted by Crippen LogP contribution is 2.39. The number of aliphatic hydroxyl groups excluding tert-OH is 1. The summed E-state index contributed by atoms with van der Waals surface area (Å²) in [6.07, 6.45) is 0.522. The van der Waals surface area contributed by atoms with Crippen molar-refractivity contribution in [2.24, 2.45) is 0 Å². The van der Waals surface area contributed by atoms with Crippen molar-refractivity contribution in [1.82, 2.24) is 14.9 Å². The van der Waals surface area contributed by atoms with Gasteiger partial charge in [0.1, 0.15) is 6.10 Å². The second kappa shape index (κ2) is 7.57. The zero-order chi connectivity index (χ0) is 20.5. The van der Waals surface area contributed by atoms with E-state index < -0.39 is 18.2 Å². The molecule has 0 aliphatic heterocycles. The summed E-state index contributed by atoms with van der Waals surface area (Å²) < 4.78 is 7.19. The summed E-state index contributed by atoms with van der Waals surface area (Å²) in [6.45, 7) is 4.03. The number of ether oxygens (including phenoxy) is 1. The Kier molecular flexibility index (Phi) is 4.95. The molecule has 0 saturated carbocycles. The Hall–Kier alpha value is -3.37. The largest absolute Gasteiger partial charge is 0.447 e. The highest BCUT2D eigenvalue weighted by atomic mass is 16.6. The number of nitrogens with one attached hydrogen (secondary N) is 1. The van der Waals surface area contributed by atoms with Gasteiger partial charge in [0, 0.05) is 17.1 Å². The fourth-order valence-electron chi connectivity index (χ4n) is 3.94. The van der Waals surface area contributed by atoms with E-state index in [-0.39, 0.29) is 6.10 Å². The van der Waals surface area contributed by atoms with Crippen LogP contribution in [0.3, 0.4) is 0 Å². The Balaban J connectivity index is 1.75. The molecule has 148 valence electrons. The van der Waals surface area contributed by atoms with Gasteiger partial charge in [-0.3, -0.25) is 4.98 Å². The van der Waals surface area contributed by atoms with E-state index in [0.29, 0.717) is 18.5 Å². The van der Waals surface area contributed by atoms with Crippen LogP contribution in [0.4, 0.5) is 4.79 Å². The first-order valence-electron chi connectivity index (χ1n) is 9.58. The van der Waals surface area contributed by atoms with E-state index in [2.05, 4.69) is 16.4 Å². The quantitative estimate of drug-likeness (QED) is 0.713. The van der Waals surface area contributed by atoms with Crippen molar-refractivity contribution < 1.29 is 14.6 Å². The number of aliphatic hydroxyl groups is 1. The van der Waals surface area contributed by atoms with Crippen LogP contribution in [-0.4, -0.2) is 32.9 Å². The van der Waals surface area contributed by atoms with Gasteiger partial charge in [0.2, 0.25) is 0 Å². The zero-order valence-corrected chi connectivity index (χ0v) is 16.3. The summed E-state index contributed by atoms with van der Waals surface area (Å²) in [4.78, 5) is 16.5. The van der Waals surface area contributed by atoms with Crippen LogP contribution in [-0.2, 0) is 17.7 Å². The topological polar surface area (TPSA) is 100 Å². The molecule has 2 atom stereocenters. The minimum absolute atomic E-state index is 0.243. The first kappa shape index (κ1) is 19.0. The number of pyridine rings is 1. The Morgan fingerprint density at radius 2 is 2.24 bits per heavy atom. The molecular formula is C22H22N4O3. The normalized spacial score (nSPS) is 17.9. The van der Waals surface area contributed by atoms with Crippen LogP contribution in [0.5, 0.6) is 0 Å². The van der Waals surface area contributed by atoms with Crippen LogP contribution in [0.15, 0.2) is 42.6 Å². The van der Waals surface area contributed by atoms with Gasteiger partial charge >= 0.3 is 6.09 Å². The monoisotopic (exact) mass is 390 g/mol. The summed E-state index contributed by atoms with van der Waals surface area (Å²) in [7, 11) is 0. The summed E-state index contributed by atoms with van der Waals surface area (Å²) in [5.74, 6) is 0. The lowest BCUT2D eigenvalue weighted by molar-refractivity contribution is 0.0921. The van der Waals surface area contributed by atoms with Crippen molar-refractivity contribution in [2.45, 2.75) is 45.1 Å². The lowest BCUT2D eigenvalue weighted by Gasteiger charge is -2.20. The molecule has 4 rings (SSSR count). The van der Waals surface area contributed by atoms with E-state index in [0.717, 1.165) is 27.9 Å². The number of hydrogen-bond acceptors (Lipinski definition) is 5. The van der Waals surface area contributed by atoms with Crippen molar-refractivity contribution >= 4 is 17.0 Å². The number of alkyl carbamates (subject to hydrolysis) is 1. The van der Waals surface area contributed by atoms with Gasteiger partial charge in [0.05, 0.1) is 41.7 Å². The Morgan fingerprint density at radius 1 is 1.41 bits per heavy atom. The molecular weight excluding hydrogens is 368 g/mol. The summed E-state index contributed by atoms with van der Waals surface area (Å²) in [5, 5.41) is 24.0. The molecule has 1 aliphatic carbocycles. The summed E-state index contributed by atoms with van der Waals surface area (Å²) in [6, 6.07) is 12.9. The number of amides is 1. The van der Waals surface area contributed by atoms with Crippen LogP contribution >= 0.6 is 0 Å². The predicted molar refractivity (Wildman–Crippen MR) is 107 cm³/mol. The molecule has 0 bridgehead atoms. The van der Waals surface area contributed by atoms with Crippen molar-refractivity contribution in [3.8, 4) is 6.07 Å². The molecule has 0 unspecified atom stereocenters. The molecule has 2 aromatic heterocycles. The molecule has 2 N–H and O–H groups in total. The van der Waals surface area contributed by atoms with Gasteiger partial charge < -0.3 is 19.7 Å². The van der Waals surface area contributed by atoms with Gasteiger partial charge in [-0.05, 0) is 56.2 Å². The molecule has 7 heteroatoms. The molecule has 0 fully saturated rings. The maximum atomic E-state index is 12.1. The van der Waals surface area contributed by atoms with Crippen molar-refractivity contribution in [1.29, 1.82) is 5.26 Å². The smallest absolute Gasteiger partial charge is 0.407 e. The van der Waals surface area contributed by atoms with Crippen LogP contribution in [0.25, 0.3) is 10.9 Å². The number of hydrogen-bond donors (Lipinski definition) is 2. The third-order valence-electron chi connectivity index (χ3n) is 5.12. The van der Waals surface area contributed by atoms with Gasteiger partial charge in [-0.2, -0.15) is 5.26 Å². The molecule has 0 radical (unpaired) electrons. The highest BCUT2D eigenvalue weighted by Gasteiger charge is 2.37. The van der Waals surface area contributed by atoms with Crippen LogP contribution in [0, 0.1) is 11.3 Å². The minimum Gasteiger partial charge on any atom is -0.447 e. The first-order valence-corrected chi connectivity index (χ1v) is 9.58. The average molecular weight is 390 g/mol. The standard InChI is InChI=1S/C22H22N4O3/c1-13(2)29-22(28)25-18-10-17-16-9-14(11-23)6-7-19(16)26(20(17)21(18)27)12-15-5-3-4-8-24-15/h3-9,13,18,21,27H,10,12H2,1-2H3,(H,25,28)/t18-,21-/m0/s1. The number of nitrogens with zero attached hydrogens (tertiary/aromatic N) is 3. The van der Waals surface area contributed by atoms with E-state index in [1.54, 1.807) is 26.1 Å². The number of nitriles is 1. The Labute approximate surface area is 168 Å². The zero-order valence-electron chi connectivity index (χ0n) is 16.3. The summed E-state index contributed by atoms with van der Waals surface area (Å²) in [5.41, 5.74) is 4.03. The molecule has 0 spiro atoms. The molecule has 1 aromatic carbocycles. The van der Waals surface area contributed by atoms with Crippen LogP contribution in [0.2, 0.25) is 0 Å². The van der Waals surface area contributed by atoms with Gasteiger partial charge in [0.25, 0.3) is 0 Å². The van der Waals surface area contributed by atoms with Gasteiger partial charge in [0.15, 0.2) is 0 Å². The number of carbonyl (C=O) groups is 1. The molecule has 1 aliphatic rings. The number of aromatic nitrogens is 2. The number of fused-ring (bicyclic) bond motifs is 3. The number of rotatable bonds is 4. The molecule has 1 amide bonds. The maximum absolute atomic E-state index is 12.1. The second-order valence-corrected chi connectivity index (χ2v) is 7.47. The minimum atomic E-state index is -0.883. The van der Waals surface area contributed by atoms with E-state index in [1.807, 2.05) is 34.9 Å². The number of carbonyl (C=O) groups excluding carboxylic acids is 1. The predicted octanol–water partition coefficient (Wildman–Crippen LogP) is 3.05. The maximum Gasteiger partial charge on any atom is 0.407 e. The van der Waals surface area contributed by atoms with Crippen LogP contribution < -0.4 is 5.32 Å². The van der Waals surface area contributed by atoms with Gasteiger partial charge in [-0.15, -0.1) is 0 Å². The van der Waals surface area contributed by atoms with E-state index in [9.17, 15) is 15.2 Å². The van der Waals surface area contributed by atoms with Crippen molar-refractivity contribution in [2.75, 3.05) is 0 Å². The van der Waals surface area contributed by atoms with Gasteiger partial charge in [-0.1, -0.05) is 6.07 Å². The van der Waals surface area contributed by atoms with E-state index in [1.165, 1.54) is 0 Å². The van der Waals surface area contributed by atoms with E-state index >= 15 is 0 Å². The first-order chi connectivity index (χ1) is 14.0. The highest BCUT2D eigenvalue weighted by molar-refractivity contribution is 5.88. The van der Waals surface area contributed by atoms with Crippen molar-refractivity contribution in [3.63, 3.8) is 0 Å². The van der Waals surface area contributed by atoms with Crippen molar-refractivity contribution in [3.05, 3.63) is 65.1 Å². The lowest BCUT2D eigenvalue weighted by Crippen LogP contribution is -2.39. The molecule has 2 heterocycles. The SMILES string of the molecule is CC(C)OC(=O)N[C@H]1Cc2c(n(Cc3ccccn3)c3ccc(C#N)cc23)[C@H]1O. The third kappa shape index (κ3) is 3.55. The lowest BCUT2D eigenvalue weighted by atomic mass is 10.1. The second-order valence-electron chi connectivity index (χ2n) is 7.47. The van der Waals surface area contributed by atoms with E-state index in [4.69, 9.17) is 4.74 Å².